The number of aromatic nitrogens is 1. The molecule has 1 rings (SSSR count). The maximum absolute atomic E-state index is 5.27. The van der Waals surface area contributed by atoms with Crippen LogP contribution < -0.4 is 11.3 Å². The molecule has 0 bridgehead atoms. The second kappa shape index (κ2) is 3.90. The second-order valence-electron chi connectivity index (χ2n) is 2.42. The van der Waals surface area contributed by atoms with Crippen molar-refractivity contribution < 1.29 is 4.42 Å². The van der Waals surface area contributed by atoms with Crippen molar-refractivity contribution in [2.24, 2.45) is 5.84 Å². The van der Waals surface area contributed by atoms with Gasteiger partial charge in [0, 0.05) is 13.3 Å². The van der Waals surface area contributed by atoms with Gasteiger partial charge in [-0.25, -0.2) is 4.98 Å². The first-order valence-electron chi connectivity index (χ1n) is 3.59. The fraction of sp³-hybridized carbons (Fsp3) is 0.375. The number of nitrogens with one attached hydrogen (secondary N) is 1. The van der Waals surface area contributed by atoms with Crippen molar-refractivity contribution in [3.05, 3.63) is 17.8 Å². The fourth-order valence-electron chi connectivity index (χ4n) is 0.907. The Morgan fingerprint density at radius 3 is 3.08 bits per heavy atom. The summed E-state index contributed by atoms with van der Waals surface area (Å²) in [4.78, 5) is 4.10. The molecule has 0 saturated heterocycles. The van der Waals surface area contributed by atoms with Gasteiger partial charge in [0.2, 0.25) is 0 Å². The third-order valence-electron chi connectivity index (χ3n) is 1.52. The Balaban J connectivity index is 2.74. The van der Waals surface area contributed by atoms with Crippen molar-refractivity contribution in [3.63, 3.8) is 0 Å². The first kappa shape index (κ1) is 8.78. The normalized spacial score (nSPS) is 12.4. The summed E-state index contributed by atoms with van der Waals surface area (Å²) in [6.07, 6.45) is 7.20. The van der Waals surface area contributed by atoms with Gasteiger partial charge in [0.25, 0.3) is 0 Å². The molecule has 3 N–H and O–H groups in total. The summed E-state index contributed by atoms with van der Waals surface area (Å²) in [5.41, 5.74) is 3.31. The van der Waals surface area contributed by atoms with Crippen LogP contribution in [-0.2, 0) is 0 Å². The Labute approximate surface area is 71.1 Å². The zero-order valence-electron chi connectivity index (χ0n) is 6.87. The second-order valence-corrected chi connectivity index (χ2v) is 2.42. The number of hydrazine groups is 1. The molecule has 64 valence electrons. The Morgan fingerprint density at radius 2 is 2.67 bits per heavy atom. The predicted octanol–water partition coefficient (Wildman–Crippen LogP) is 0.511. The van der Waals surface area contributed by atoms with E-state index in [9.17, 15) is 0 Å². The zero-order valence-corrected chi connectivity index (χ0v) is 6.87. The molecule has 1 unspecified atom stereocenters. The van der Waals surface area contributed by atoms with Crippen molar-refractivity contribution in [2.75, 3.05) is 0 Å². The lowest BCUT2D eigenvalue weighted by Gasteiger charge is -2.07. The van der Waals surface area contributed by atoms with E-state index in [1.165, 1.54) is 0 Å². The van der Waals surface area contributed by atoms with Crippen molar-refractivity contribution in [1.82, 2.24) is 10.4 Å². The molecule has 0 aliphatic heterocycles. The maximum atomic E-state index is 5.27. The molecular weight excluding hydrogens is 154 g/mol. The molecule has 0 fully saturated rings. The molecule has 4 nitrogen and oxygen atoms in total. The monoisotopic (exact) mass is 165 g/mol. The molecule has 0 aliphatic rings. The number of aryl methyl sites for hydroxylation is 1. The van der Waals surface area contributed by atoms with Crippen LogP contribution in [-0.4, -0.2) is 4.98 Å². The van der Waals surface area contributed by atoms with Gasteiger partial charge >= 0.3 is 0 Å². The van der Waals surface area contributed by atoms with Crippen LogP contribution >= 0.6 is 0 Å². The van der Waals surface area contributed by atoms with Gasteiger partial charge in [-0.15, -0.1) is 12.3 Å². The molecule has 0 spiro atoms. The van der Waals surface area contributed by atoms with Crippen LogP contribution in [0.4, 0.5) is 0 Å². The molecular formula is C8H11N3O. The van der Waals surface area contributed by atoms with Crippen LogP contribution in [0.25, 0.3) is 0 Å². The summed E-state index contributed by atoms with van der Waals surface area (Å²) in [6, 6.07) is -0.118. The Hall–Kier alpha value is -1.31. The number of nitrogens with two attached hydrogens (primary N) is 1. The van der Waals surface area contributed by atoms with Gasteiger partial charge in [0.15, 0.2) is 5.89 Å². The molecule has 1 aromatic heterocycles. The summed E-state index contributed by atoms with van der Waals surface area (Å²) in [5, 5.41) is 0. The first-order valence-corrected chi connectivity index (χ1v) is 3.59. The van der Waals surface area contributed by atoms with Crippen LogP contribution in [0.15, 0.2) is 10.7 Å². The minimum Gasteiger partial charge on any atom is -0.449 e. The highest BCUT2D eigenvalue weighted by Crippen LogP contribution is 2.13. The van der Waals surface area contributed by atoms with Gasteiger partial charge in [-0.1, -0.05) is 0 Å². The highest BCUT2D eigenvalue weighted by Gasteiger charge is 2.11. The van der Waals surface area contributed by atoms with Crippen molar-refractivity contribution >= 4 is 0 Å². The van der Waals surface area contributed by atoms with Crippen molar-refractivity contribution in [3.8, 4) is 12.3 Å². The highest BCUT2D eigenvalue weighted by atomic mass is 16.3. The van der Waals surface area contributed by atoms with Crippen LogP contribution in [0.1, 0.15) is 24.0 Å². The minimum atomic E-state index is -0.118. The topological polar surface area (TPSA) is 64.1 Å². The molecule has 0 aliphatic carbocycles. The summed E-state index contributed by atoms with van der Waals surface area (Å²) in [6.45, 7) is 1.77. The summed E-state index contributed by atoms with van der Waals surface area (Å²) < 4.78 is 5.02. The largest absolute Gasteiger partial charge is 0.449 e. The molecule has 4 heteroatoms. The van der Waals surface area contributed by atoms with E-state index in [1.807, 2.05) is 0 Å². The minimum absolute atomic E-state index is 0.118. The van der Waals surface area contributed by atoms with Gasteiger partial charge in [0.1, 0.15) is 6.26 Å². The SMILES string of the molecule is C#CCC(NN)c1coc(C)n1. The van der Waals surface area contributed by atoms with Crippen LogP contribution in [0.5, 0.6) is 0 Å². The zero-order chi connectivity index (χ0) is 8.97. The Morgan fingerprint density at radius 1 is 1.92 bits per heavy atom. The van der Waals surface area contributed by atoms with Crippen molar-refractivity contribution in [2.45, 2.75) is 19.4 Å². The van der Waals surface area contributed by atoms with Crippen molar-refractivity contribution in [1.29, 1.82) is 0 Å². The standard InChI is InChI=1S/C8H11N3O/c1-3-4-7(11-9)8-5-12-6(2)10-8/h1,5,7,11H,4,9H2,2H3. The predicted molar refractivity (Wildman–Crippen MR) is 44.8 cm³/mol. The molecule has 0 saturated carbocycles. The van der Waals surface area contributed by atoms with E-state index < -0.39 is 0 Å². The van der Waals surface area contributed by atoms with Crippen LogP contribution in [0.2, 0.25) is 0 Å². The van der Waals surface area contributed by atoms with E-state index in [2.05, 4.69) is 16.3 Å². The molecule has 1 heterocycles. The lowest BCUT2D eigenvalue weighted by atomic mass is 10.2. The fourth-order valence-corrected chi connectivity index (χ4v) is 0.907. The lowest BCUT2D eigenvalue weighted by Crippen LogP contribution is -2.27. The maximum Gasteiger partial charge on any atom is 0.191 e. The number of terminal acetylenes is 1. The summed E-state index contributed by atoms with van der Waals surface area (Å²) >= 11 is 0. The van der Waals surface area contributed by atoms with Gasteiger partial charge in [0.05, 0.1) is 11.7 Å². The number of nitrogens with zero attached hydrogens (tertiary/aromatic N) is 1. The average molecular weight is 165 g/mol. The third-order valence-corrected chi connectivity index (χ3v) is 1.52. The number of rotatable bonds is 3. The molecule has 0 aromatic carbocycles. The summed E-state index contributed by atoms with van der Waals surface area (Å²) in [5.74, 6) is 8.39. The van der Waals surface area contributed by atoms with E-state index in [4.69, 9.17) is 16.7 Å². The summed E-state index contributed by atoms with van der Waals surface area (Å²) in [7, 11) is 0. The third kappa shape index (κ3) is 1.84. The molecule has 12 heavy (non-hydrogen) atoms. The van der Waals surface area contributed by atoms with Crippen LogP contribution in [0, 0.1) is 19.3 Å². The molecule has 0 amide bonds. The molecule has 1 atom stereocenters. The highest BCUT2D eigenvalue weighted by molar-refractivity contribution is 5.06. The first-order chi connectivity index (χ1) is 5.77. The number of oxazole rings is 1. The number of hydrogen-bond donors (Lipinski definition) is 2. The van der Waals surface area contributed by atoms with Gasteiger partial charge in [-0.2, -0.15) is 0 Å². The van der Waals surface area contributed by atoms with Crippen LogP contribution in [0.3, 0.4) is 0 Å². The van der Waals surface area contributed by atoms with Gasteiger partial charge in [-0.3, -0.25) is 11.3 Å². The van der Waals surface area contributed by atoms with E-state index in [1.54, 1.807) is 13.2 Å². The van der Waals surface area contributed by atoms with E-state index in [0.717, 1.165) is 5.69 Å². The molecule has 1 aromatic rings. The lowest BCUT2D eigenvalue weighted by molar-refractivity contribution is 0.514. The smallest absolute Gasteiger partial charge is 0.191 e. The molecule has 0 radical (unpaired) electrons. The number of hydrogen-bond acceptors (Lipinski definition) is 4. The Bertz CT molecular complexity index is 287. The van der Waals surface area contributed by atoms with Gasteiger partial charge in [-0.05, 0) is 0 Å². The quantitative estimate of drug-likeness (QED) is 0.389. The van der Waals surface area contributed by atoms with Gasteiger partial charge < -0.3 is 4.42 Å². The van der Waals surface area contributed by atoms with E-state index in [0.29, 0.717) is 12.3 Å². The average Bonchev–Trinajstić information content (AvgIpc) is 2.47. The van der Waals surface area contributed by atoms with E-state index >= 15 is 0 Å². The van der Waals surface area contributed by atoms with E-state index in [-0.39, 0.29) is 6.04 Å². The Kier molecular flexibility index (Phi) is 2.86.